The van der Waals surface area contributed by atoms with Crippen molar-refractivity contribution in [1.29, 1.82) is 0 Å². The van der Waals surface area contributed by atoms with Crippen LogP contribution in [0, 0.1) is 11.7 Å². The molecule has 3 unspecified atom stereocenters. The van der Waals surface area contributed by atoms with E-state index in [4.69, 9.17) is 4.74 Å². The van der Waals surface area contributed by atoms with Crippen LogP contribution in [0.15, 0.2) is 67.0 Å². The van der Waals surface area contributed by atoms with Crippen molar-refractivity contribution in [3.05, 3.63) is 83.9 Å². The van der Waals surface area contributed by atoms with Crippen molar-refractivity contribution in [3.8, 4) is 5.75 Å². The molecule has 2 aromatic carbocycles. The lowest BCUT2D eigenvalue weighted by molar-refractivity contribution is -0.134. The quantitative estimate of drug-likeness (QED) is 0.390. The Morgan fingerprint density at radius 2 is 1.82 bits per heavy atom. The maximum absolute atomic E-state index is 13.4. The van der Waals surface area contributed by atoms with E-state index in [2.05, 4.69) is 27.4 Å². The Bertz CT molecular complexity index is 1290. The van der Waals surface area contributed by atoms with Crippen LogP contribution in [0.1, 0.15) is 25.0 Å². The summed E-state index contributed by atoms with van der Waals surface area (Å²) < 4.78 is 19.7. The SMILES string of the molecule is CC1CN(C(C)CO)C(=O)Cc2cc(NC(=O)Nc3ccc(F)cc3)ccc2OC1CN(C)Cc1ccncc1. The summed E-state index contributed by atoms with van der Waals surface area (Å²) in [5.74, 6) is 0.0273. The van der Waals surface area contributed by atoms with Gasteiger partial charge in [0.05, 0.1) is 19.1 Å². The first kappa shape index (κ1) is 29.0. The number of hydrogen-bond donors (Lipinski definition) is 3. The number of nitrogens with zero attached hydrogens (tertiary/aromatic N) is 3. The molecular formula is C30H36FN5O4. The van der Waals surface area contributed by atoms with Gasteiger partial charge in [0, 0.05) is 54.9 Å². The smallest absolute Gasteiger partial charge is 0.323 e. The maximum Gasteiger partial charge on any atom is 0.323 e. The molecule has 1 aliphatic heterocycles. The first-order valence-electron chi connectivity index (χ1n) is 13.3. The summed E-state index contributed by atoms with van der Waals surface area (Å²) in [6, 6.07) is 13.8. The second kappa shape index (κ2) is 13.4. The summed E-state index contributed by atoms with van der Waals surface area (Å²) in [4.78, 5) is 33.9. The van der Waals surface area contributed by atoms with Gasteiger partial charge in [0.15, 0.2) is 0 Å². The molecule has 10 heteroatoms. The third-order valence-corrected chi connectivity index (χ3v) is 6.97. The minimum absolute atomic E-state index is 0.0249. The molecule has 9 nitrogen and oxygen atoms in total. The van der Waals surface area contributed by atoms with Crippen molar-refractivity contribution in [2.45, 2.75) is 39.0 Å². The Morgan fingerprint density at radius 1 is 1.15 bits per heavy atom. The molecule has 3 atom stereocenters. The molecule has 3 amide bonds. The largest absolute Gasteiger partial charge is 0.488 e. The van der Waals surface area contributed by atoms with E-state index < -0.39 is 11.8 Å². The molecule has 0 saturated carbocycles. The van der Waals surface area contributed by atoms with Gasteiger partial charge in [-0.15, -0.1) is 0 Å². The Kier molecular flexibility index (Phi) is 9.68. The lowest BCUT2D eigenvalue weighted by Gasteiger charge is -2.34. The van der Waals surface area contributed by atoms with Gasteiger partial charge in [0.1, 0.15) is 17.7 Å². The molecule has 0 saturated heterocycles. The molecule has 212 valence electrons. The molecule has 3 N–H and O–H groups in total. The van der Waals surface area contributed by atoms with Crippen LogP contribution in [-0.2, 0) is 17.8 Å². The molecule has 3 aromatic rings. The highest BCUT2D eigenvalue weighted by atomic mass is 19.1. The first-order chi connectivity index (χ1) is 19.2. The highest BCUT2D eigenvalue weighted by Crippen LogP contribution is 2.29. The molecule has 4 rings (SSSR count). The number of ether oxygens (including phenoxy) is 1. The van der Waals surface area contributed by atoms with Crippen molar-refractivity contribution in [2.24, 2.45) is 5.92 Å². The van der Waals surface area contributed by atoms with E-state index in [0.29, 0.717) is 42.3 Å². The van der Waals surface area contributed by atoms with Crippen LogP contribution in [0.2, 0.25) is 0 Å². The highest BCUT2D eigenvalue weighted by Gasteiger charge is 2.31. The number of likely N-dealkylation sites (N-methyl/N-ethyl adjacent to an activating group) is 1. The van der Waals surface area contributed by atoms with Crippen LogP contribution in [0.5, 0.6) is 5.75 Å². The number of carbonyl (C=O) groups excluding carboxylic acids is 2. The number of urea groups is 1. The standard InChI is InChI=1S/C30H36FN5O4/c1-20-16-36(21(2)19-37)29(38)15-23-14-26(34-30(39)33-25-6-4-24(31)5-7-25)8-9-27(23)40-28(20)18-35(3)17-22-10-12-32-13-11-22/h4-14,20-21,28,37H,15-19H2,1-3H3,(H2,33,34,39). The lowest BCUT2D eigenvalue weighted by Crippen LogP contribution is -2.47. The molecule has 1 aromatic heterocycles. The van der Waals surface area contributed by atoms with Crippen LogP contribution >= 0.6 is 0 Å². The monoisotopic (exact) mass is 549 g/mol. The summed E-state index contributed by atoms with van der Waals surface area (Å²) in [7, 11) is 2.02. The van der Waals surface area contributed by atoms with Gasteiger partial charge < -0.3 is 25.4 Å². The Labute approximate surface area is 234 Å². The van der Waals surface area contributed by atoms with E-state index in [1.54, 1.807) is 35.5 Å². The minimum Gasteiger partial charge on any atom is -0.488 e. The van der Waals surface area contributed by atoms with E-state index in [1.165, 1.54) is 24.3 Å². The van der Waals surface area contributed by atoms with Gasteiger partial charge in [0.25, 0.3) is 0 Å². The van der Waals surface area contributed by atoms with E-state index in [-0.39, 0.29) is 37.0 Å². The zero-order valence-electron chi connectivity index (χ0n) is 23.0. The summed E-state index contributed by atoms with van der Waals surface area (Å²) in [6.07, 6.45) is 3.35. The fourth-order valence-corrected chi connectivity index (χ4v) is 4.72. The predicted molar refractivity (Wildman–Crippen MR) is 152 cm³/mol. The van der Waals surface area contributed by atoms with E-state index in [1.807, 2.05) is 26.1 Å². The molecule has 0 aliphatic carbocycles. The van der Waals surface area contributed by atoms with Crippen LogP contribution in [0.4, 0.5) is 20.6 Å². The number of pyridine rings is 1. The summed E-state index contributed by atoms with van der Waals surface area (Å²) in [5.41, 5.74) is 2.70. The van der Waals surface area contributed by atoms with Crippen molar-refractivity contribution in [2.75, 3.05) is 37.4 Å². The molecular weight excluding hydrogens is 513 g/mol. The Hall–Kier alpha value is -4.02. The average Bonchev–Trinajstić information content (AvgIpc) is 2.97. The number of aliphatic hydroxyl groups is 1. The van der Waals surface area contributed by atoms with Gasteiger partial charge in [-0.2, -0.15) is 0 Å². The average molecular weight is 550 g/mol. The highest BCUT2D eigenvalue weighted by molar-refractivity contribution is 5.99. The van der Waals surface area contributed by atoms with Gasteiger partial charge in [-0.05, 0) is 74.1 Å². The van der Waals surface area contributed by atoms with Gasteiger partial charge in [-0.1, -0.05) is 6.92 Å². The summed E-state index contributed by atoms with van der Waals surface area (Å²) in [6.45, 7) is 5.49. The van der Waals surface area contributed by atoms with E-state index >= 15 is 0 Å². The van der Waals surface area contributed by atoms with Gasteiger partial charge in [0.2, 0.25) is 5.91 Å². The molecule has 1 aliphatic rings. The van der Waals surface area contributed by atoms with Crippen LogP contribution in [-0.4, -0.2) is 70.7 Å². The van der Waals surface area contributed by atoms with Gasteiger partial charge >= 0.3 is 6.03 Å². The van der Waals surface area contributed by atoms with Crippen molar-refractivity contribution < 1.29 is 23.8 Å². The second-order valence-corrected chi connectivity index (χ2v) is 10.3. The zero-order valence-corrected chi connectivity index (χ0v) is 23.0. The number of rotatable bonds is 8. The summed E-state index contributed by atoms with van der Waals surface area (Å²) in [5, 5.41) is 15.3. The summed E-state index contributed by atoms with van der Waals surface area (Å²) >= 11 is 0. The van der Waals surface area contributed by atoms with Crippen molar-refractivity contribution in [1.82, 2.24) is 14.8 Å². The number of carbonyl (C=O) groups is 2. The second-order valence-electron chi connectivity index (χ2n) is 10.3. The number of aromatic nitrogens is 1. The zero-order chi connectivity index (χ0) is 28.6. The van der Waals surface area contributed by atoms with Gasteiger partial charge in [-0.3, -0.25) is 14.7 Å². The maximum atomic E-state index is 13.4. The number of halogens is 1. The fraction of sp³-hybridized carbons (Fsp3) is 0.367. The van der Waals surface area contributed by atoms with Crippen LogP contribution in [0.3, 0.4) is 0 Å². The van der Waals surface area contributed by atoms with Crippen LogP contribution < -0.4 is 15.4 Å². The number of aliphatic hydroxyl groups excluding tert-OH is 1. The Balaban J connectivity index is 1.55. The first-order valence-corrected chi connectivity index (χ1v) is 13.3. The third-order valence-electron chi connectivity index (χ3n) is 6.97. The molecule has 0 spiro atoms. The molecule has 2 heterocycles. The lowest BCUT2D eigenvalue weighted by atomic mass is 10.0. The number of anilines is 2. The van der Waals surface area contributed by atoms with Crippen molar-refractivity contribution in [3.63, 3.8) is 0 Å². The van der Waals surface area contributed by atoms with E-state index in [0.717, 1.165) is 5.56 Å². The number of amides is 3. The van der Waals surface area contributed by atoms with Crippen LogP contribution in [0.25, 0.3) is 0 Å². The molecule has 0 fully saturated rings. The minimum atomic E-state index is -0.498. The Morgan fingerprint density at radius 3 is 2.52 bits per heavy atom. The number of fused-ring (bicyclic) bond motifs is 1. The molecule has 0 radical (unpaired) electrons. The third kappa shape index (κ3) is 7.77. The normalized spacial score (nSPS) is 18.1. The molecule has 40 heavy (non-hydrogen) atoms. The number of benzene rings is 2. The topological polar surface area (TPSA) is 107 Å². The van der Waals surface area contributed by atoms with E-state index in [9.17, 15) is 19.1 Å². The number of nitrogens with one attached hydrogen (secondary N) is 2. The molecule has 0 bridgehead atoms. The van der Waals surface area contributed by atoms with Gasteiger partial charge in [-0.25, -0.2) is 9.18 Å². The van der Waals surface area contributed by atoms with Crippen molar-refractivity contribution >= 4 is 23.3 Å². The number of hydrogen-bond acceptors (Lipinski definition) is 6. The fourth-order valence-electron chi connectivity index (χ4n) is 4.72. The predicted octanol–water partition coefficient (Wildman–Crippen LogP) is 4.15.